The van der Waals surface area contributed by atoms with Gasteiger partial charge in [0.2, 0.25) is 0 Å². The van der Waals surface area contributed by atoms with E-state index in [1.54, 1.807) is 36.6 Å². The van der Waals surface area contributed by atoms with E-state index in [1.807, 2.05) is 20.8 Å². The Balaban J connectivity index is 0.000000322. The molecule has 2 aliphatic rings. The van der Waals surface area contributed by atoms with Gasteiger partial charge in [0.1, 0.15) is 11.2 Å². The minimum Gasteiger partial charge on any atom is -0.444 e. The number of ether oxygens (including phenoxy) is 2. The first-order valence-electron chi connectivity index (χ1n) is 13.5. The number of nitrogens with zero attached hydrogens (tertiary/aromatic N) is 2. The highest BCUT2D eigenvalue weighted by atomic mass is 19.4. The van der Waals surface area contributed by atoms with E-state index < -0.39 is 22.9 Å². The third-order valence-electron chi connectivity index (χ3n) is 6.09. The molecular weight excluding hydrogens is 513 g/mol. The number of nitrogens with two attached hydrogens (primary N) is 1. The highest BCUT2D eigenvalue weighted by Crippen LogP contribution is 2.32. The van der Waals surface area contributed by atoms with Crippen LogP contribution in [0.2, 0.25) is 0 Å². The fraction of sp³-hybridized carbons (Fsp3) is 0.714. The van der Waals surface area contributed by atoms with Crippen LogP contribution in [0, 0.1) is 0 Å². The monoisotopic (exact) mass is 558 g/mol. The van der Waals surface area contributed by atoms with Gasteiger partial charge in [0, 0.05) is 44.8 Å². The Morgan fingerprint density at radius 2 is 1.41 bits per heavy atom. The maximum absolute atomic E-state index is 13.0. The van der Waals surface area contributed by atoms with Gasteiger partial charge in [0.25, 0.3) is 0 Å². The fourth-order valence-electron chi connectivity index (χ4n) is 4.34. The molecule has 1 aromatic carbocycles. The summed E-state index contributed by atoms with van der Waals surface area (Å²) in [5, 5.41) is 3.15. The van der Waals surface area contributed by atoms with Crippen LogP contribution in [0.5, 0.6) is 0 Å². The molecule has 0 bridgehead atoms. The van der Waals surface area contributed by atoms with Crippen LogP contribution in [0.4, 0.5) is 22.8 Å². The van der Waals surface area contributed by atoms with Crippen LogP contribution in [-0.4, -0.2) is 71.5 Å². The highest BCUT2D eigenvalue weighted by Gasteiger charge is 2.33. The van der Waals surface area contributed by atoms with Gasteiger partial charge in [0.05, 0.1) is 5.56 Å². The lowest BCUT2D eigenvalue weighted by Crippen LogP contribution is -2.49. The molecule has 1 aromatic rings. The van der Waals surface area contributed by atoms with E-state index >= 15 is 0 Å². The number of halogens is 3. The van der Waals surface area contributed by atoms with Crippen LogP contribution in [0.3, 0.4) is 0 Å². The predicted molar refractivity (Wildman–Crippen MR) is 144 cm³/mol. The number of alkyl halides is 3. The molecule has 0 spiro atoms. The average molecular weight is 559 g/mol. The lowest BCUT2D eigenvalue weighted by Gasteiger charge is -2.34. The second-order valence-electron chi connectivity index (χ2n) is 12.1. The minimum atomic E-state index is -4.37. The third kappa shape index (κ3) is 12.0. The summed E-state index contributed by atoms with van der Waals surface area (Å²) in [6.45, 7) is 13.6. The van der Waals surface area contributed by atoms with Crippen LogP contribution in [0.25, 0.3) is 0 Å². The van der Waals surface area contributed by atoms with Gasteiger partial charge in [0.15, 0.2) is 0 Å². The molecule has 2 atom stereocenters. The molecule has 2 heterocycles. The minimum absolute atomic E-state index is 0.0532. The summed E-state index contributed by atoms with van der Waals surface area (Å²) in [6, 6.07) is 5.60. The van der Waals surface area contributed by atoms with Gasteiger partial charge in [-0.2, -0.15) is 13.2 Å². The van der Waals surface area contributed by atoms with Crippen molar-refractivity contribution in [2.24, 2.45) is 5.73 Å². The zero-order chi connectivity index (χ0) is 29.4. The number of benzene rings is 1. The summed E-state index contributed by atoms with van der Waals surface area (Å²) in [5.41, 5.74) is 4.38. The van der Waals surface area contributed by atoms with E-state index in [9.17, 15) is 22.8 Å². The molecule has 0 radical (unpaired) electrons. The largest absolute Gasteiger partial charge is 0.444 e. The first-order valence-corrected chi connectivity index (χ1v) is 13.5. The normalized spacial score (nSPS) is 20.6. The number of carbonyl (C=O) groups is 2. The Morgan fingerprint density at radius 1 is 0.897 bits per heavy atom. The maximum atomic E-state index is 13.0. The van der Waals surface area contributed by atoms with Crippen molar-refractivity contribution in [2.45, 2.75) is 103 Å². The van der Waals surface area contributed by atoms with E-state index in [0.29, 0.717) is 19.6 Å². The van der Waals surface area contributed by atoms with Gasteiger partial charge in [-0.25, -0.2) is 9.59 Å². The molecule has 2 saturated heterocycles. The van der Waals surface area contributed by atoms with Gasteiger partial charge in [-0.15, -0.1) is 0 Å². The number of carbonyl (C=O) groups excluding carboxylic acids is 2. The van der Waals surface area contributed by atoms with E-state index in [0.717, 1.165) is 38.3 Å². The van der Waals surface area contributed by atoms with Gasteiger partial charge in [-0.3, -0.25) is 0 Å². The molecule has 3 rings (SSSR count). The van der Waals surface area contributed by atoms with Crippen LogP contribution < -0.4 is 11.1 Å². The van der Waals surface area contributed by atoms with Crippen molar-refractivity contribution < 1.29 is 32.2 Å². The Labute approximate surface area is 230 Å². The van der Waals surface area contributed by atoms with Crippen molar-refractivity contribution in [2.75, 3.05) is 26.2 Å². The SMILES string of the molecule is CC(C)(C)OC(=O)N1CCC[C@H](N)C1.CC(C)(C)OC(=O)N1CCC[C@H](NCc2ccccc2C(F)(F)F)C1. The van der Waals surface area contributed by atoms with Crippen molar-refractivity contribution in [3.63, 3.8) is 0 Å². The second-order valence-corrected chi connectivity index (χ2v) is 12.1. The summed E-state index contributed by atoms with van der Waals surface area (Å²) < 4.78 is 49.7. The number of rotatable bonds is 3. The van der Waals surface area contributed by atoms with Crippen molar-refractivity contribution >= 4 is 12.2 Å². The molecule has 11 heteroatoms. The first kappa shape index (κ1) is 32.7. The Morgan fingerprint density at radius 3 is 1.92 bits per heavy atom. The molecule has 0 aromatic heterocycles. The van der Waals surface area contributed by atoms with Crippen LogP contribution in [0.1, 0.15) is 78.4 Å². The fourth-order valence-corrected chi connectivity index (χ4v) is 4.34. The van der Waals surface area contributed by atoms with Crippen molar-refractivity contribution in [1.29, 1.82) is 0 Å². The van der Waals surface area contributed by atoms with Crippen LogP contribution in [-0.2, 0) is 22.2 Å². The Kier molecular flexibility index (Phi) is 11.5. The smallest absolute Gasteiger partial charge is 0.416 e. The summed E-state index contributed by atoms with van der Waals surface area (Å²) >= 11 is 0. The van der Waals surface area contributed by atoms with Crippen molar-refractivity contribution in [1.82, 2.24) is 15.1 Å². The van der Waals surface area contributed by atoms with Crippen LogP contribution >= 0.6 is 0 Å². The highest BCUT2D eigenvalue weighted by molar-refractivity contribution is 5.68. The predicted octanol–water partition coefficient (Wildman–Crippen LogP) is 5.54. The lowest BCUT2D eigenvalue weighted by atomic mass is 10.0. The number of amides is 2. The molecular formula is C28H45F3N4O4. The van der Waals surface area contributed by atoms with E-state index in [4.69, 9.17) is 15.2 Å². The van der Waals surface area contributed by atoms with E-state index in [2.05, 4.69) is 5.32 Å². The molecule has 39 heavy (non-hydrogen) atoms. The number of hydrogen-bond donors (Lipinski definition) is 2. The van der Waals surface area contributed by atoms with Crippen molar-refractivity contribution in [3.8, 4) is 0 Å². The quantitative estimate of drug-likeness (QED) is 0.506. The van der Waals surface area contributed by atoms with Gasteiger partial charge < -0.3 is 30.3 Å². The summed E-state index contributed by atoms with van der Waals surface area (Å²) in [4.78, 5) is 27.1. The molecule has 2 fully saturated rings. The van der Waals surface area contributed by atoms with Crippen LogP contribution in [0.15, 0.2) is 24.3 Å². The topological polar surface area (TPSA) is 97.1 Å². The number of hydrogen-bond acceptors (Lipinski definition) is 6. The molecule has 0 unspecified atom stereocenters. The van der Waals surface area contributed by atoms with Crippen molar-refractivity contribution in [3.05, 3.63) is 35.4 Å². The molecule has 0 aliphatic carbocycles. The zero-order valence-electron chi connectivity index (χ0n) is 24.1. The Bertz CT molecular complexity index is 944. The molecule has 8 nitrogen and oxygen atoms in total. The average Bonchev–Trinajstić information content (AvgIpc) is 2.81. The lowest BCUT2D eigenvalue weighted by molar-refractivity contribution is -0.138. The van der Waals surface area contributed by atoms with Gasteiger partial charge in [-0.1, -0.05) is 18.2 Å². The molecule has 2 aliphatic heterocycles. The summed E-state index contributed by atoms with van der Waals surface area (Å²) in [5.74, 6) is 0. The summed E-state index contributed by atoms with van der Waals surface area (Å²) in [6.07, 6.45) is -1.42. The van der Waals surface area contributed by atoms with E-state index in [1.165, 1.54) is 12.1 Å². The zero-order valence-corrected chi connectivity index (χ0v) is 24.1. The molecule has 2 amide bonds. The standard InChI is InChI=1S/C18H25F3N2O2.C10H20N2O2/c1-17(2,3)25-16(24)23-10-6-8-14(12-23)22-11-13-7-4-5-9-15(13)18(19,20)21;1-10(2,3)14-9(13)12-6-4-5-8(11)7-12/h4-5,7,9,14,22H,6,8,10-12H2,1-3H3;8H,4-7,11H2,1-3H3/t14-;8-/m00/s1. The summed E-state index contributed by atoms with van der Waals surface area (Å²) in [7, 11) is 0. The molecule has 0 saturated carbocycles. The van der Waals surface area contributed by atoms with Gasteiger partial charge >= 0.3 is 18.4 Å². The number of nitrogens with one attached hydrogen (secondary N) is 1. The molecule has 3 N–H and O–H groups in total. The Hall–Kier alpha value is -2.53. The van der Waals surface area contributed by atoms with Gasteiger partial charge in [-0.05, 0) is 78.9 Å². The third-order valence-corrected chi connectivity index (χ3v) is 6.09. The number of piperidine rings is 2. The maximum Gasteiger partial charge on any atom is 0.416 e. The van der Waals surface area contributed by atoms with E-state index in [-0.39, 0.29) is 36.4 Å². The number of likely N-dealkylation sites (tertiary alicyclic amines) is 2. The molecule has 222 valence electrons. The first-order chi connectivity index (χ1) is 17.9. The second kappa shape index (κ2) is 13.7.